The molecule has 8 heteroatoms. The zero-order chi connectivity index (χ0) is 16.2. The molecule has 0 spiro atoms. The molecule has 4 nitrogen and oxygen atoms in total. The van der Waals surface area contributed by atoms with Crippen molar-refractivity contribution in [2.75, 3.05) is 6.54 Å². The van der Waals surface area contributed by atoms with Gasteiger partial charge in [-0.2, -0.15) is 13.2 Å². The van der Waals surface area contributed by atoms with E-state index >= 15 is 0 Å². The predicted molar refractivity (Wildman–Crippen MR) is 65.2 cm³/mol. The zero-order valence-electron chi connectivity index (χ0n) is 11.0. The number of hydrogen-bond donors (Lipinski definition) is 2. The van der Waals surface area contributed by atoms with Gasteiger partial charge in [-0.15, -0.1) is 0 Å². The number of carbonyl (C=O) groups is 2. The summed E-state index contributed by atoms with van der Waals surface area (Å²) in [6.07, 6.45) is -4.60. The van der Waals surface area contributed by atoms with Crippen molar-refractivity contribution in [1.29, 1.82) is 0 Å². The van der Waals surface area contributed by atoms with Crippen LogP contribution in [-0.4, -0.2) is 23.5 Å². The van der Waals surface area contributed by atoms with E-state index in [4.69, 9.17) is 5.11 Å². The van der Waals surface area contributed by atoms with Crippen molar-refractivity contribution in [2.45, 2.75) is 19.5 Å². The second kappa shape index (κ2) is 6.55. The van der Waals surface area contributed by atoms with E-state index in [-0.39, 0.29) is 13.0 Å². The maximum absolute atomic E-state index is 13.4. The van der Waals surface area contributed by atoms with Crippen LogP contribution in [0.3, 0.4) is 0 Å². The first-order chi connectivity index (χ1) is 9.62. The van der Waals surface area contributed by atoms with E-state index in [9.17, 15) is 27.2 Å². The van der Waals surface area contributed by atoms with Crippen LogP contribution in [0.1, 0.15) is 29.3 Å². The molecule has 0 aliphatic carbocycles. The van der Waals surface area contributed by atoms with Crippen molar-refractivity contribution in [3.63, 3.8) is 0 Å². The van der Waals surface area contributed by atoms with E-state index in [1.807, 2.05) is 0 Å². The van der Waals surface area contributed by atoms with Gasteiger partial charge in [-0.25, -0.2) is 4.39 Å². The standard InChI is InChI=1S/C13H13F4NO3/c1-7(12(20)21)4-5-18-11(19)9-6-8(13(15,16)17)2-3-10(9)14/h2-3,6-7H,4-5H2,1H3,(H,18,19)(H,20,21). The zero-order valence-corrected chi connectivity index (χ0v) is 11.0. The lowest BCUT2D eigenvalue weighted by atomic mass is 10.1. The van der Waals surface area contributed by atoms with E-state index in [1.54, 1.807) is 0 Å². The Balaban J connectivity index is 2.76. The molecule has 0 fully saturated rings. The number of halogens is 4. The van der Waals surface area contributed by atoms with Crippen molar-refractivity contribution in [2.24, 2.45) is 5.92 Å². The van der Waals surface area contributed by atoms with Gasteiger partial charge >= 0.3 is 12.1 Å². The van der Waals surface area contributed by atoms with Crippen LogP contribution in [0.4, 0.5) is 17.6 Å². The molecule has 1 aromatic carbocycles. The highest BCUT2D eigenvalue weighted by Crippen LogP contribution is 2.30. The van der Waals surface area contributed by atoms with Gasteiger partial charge in [0.1, 0.15) is 5.82 Å². The van der Waals surface area contributed by atoms with E-state index in [0.717, 1.165) is 0 Å². The van der Waals surface area contributed by atoms with Crippen LogP contribution in [0, 0.1) is 11.7 Å². The average molecular weight is 307 g/mol. The van der Waals surface area contributed by atoms with Crippen LogP contribution in [0.2, 0.25) is 0 Å². The fourth-order valence-electron chi connectivity index (χ4n) is 1.50. The van der Waals surface area contributed by atoms with Gasteiger partial charge < -0.3 is 10.4 Å². The third-order valence-electron chi connectivity index (χ3n) is 2.82. The van der Waals surface area contributed by atoms with Crippen molar-refractivity contribution in [3.05, 3.63) is 35.1 Å². The lowest BCUT2D eigenvalue weighted by Gasteiger charge is -2.11. The summed E-state index contributed by atoms with van der Waals surface area (Å²) in [6.45, 7) is 1.33. The predicted octanol–water partition coefficient (Wildman–Crippen LogP) is 2.69. The highest BCUT2D eigenvalue weighted by atomic mass is 19.4. The van der Waals surface area contributed by atoms with E-state index in [0.29, 0.717) is 18.2 Å². The van der Waals surface area contributed by atoms with Crippen LogP contribution in [-0.2, 0) is 11.0 Å². The van der Waals surface area contributed by atoms with Gasteiger partial charge in [-0.05, 0) is 24.6 Å². The number of benzene rings is 1. The smallest absolute Gasteiger partial charge is 0.416 e. The van der Waals surface area contributed by atoms with Crippen molar-refractivity contribution < 1.29 is 32.3 Å². The topological polar surface area (TPSA) is 66.4 Å². The van der Waals surface area contributed by atoms with Gasteiger partial charge in [0.15, 0.2) is 0 Å². The van der Waals surface area contributed by atoms with Crippen molar-refractivity contribution in [3.8, 4) is 0 Å². The Kier molecular flexibility index (Phi) is 5.28. The molecule has 1 rings (SSSR count). The van der Waals surface area contributed by atoms with E-state index < -0.39 is 40.9 Å². The summed E-state index contributed by atoms with van der Waals surface area (Å²) in [5, 5.41) is 10.8. The number of carboxylic acid groups (broad SMARTS) is 1. The first-order valence-electron chi connectivity index (χ1n) is 6.00. The minimum absolute atomic E-state index is 0.0814. The Morgan fingerprint density at radius 2 is 1.95 bits per heavy atom. The molecule has 1 unspecified atom stereocenters. The number of amides is 1. The molecule has 0 aromatic heterocycles. The molecule has 2 N–H and O–H groups in total. The maximum atomic E-state index is 13.4. The number of alkyl halides is 3. The van der Waals surface area contributed by atoms with E-state index in [2.05, 4.69) is 5.32 Å². The molecule has 21 heavy (non-hydrogen) atoms. The molecule has 0 aliphatic rings. The van der Waals surface area contributed by atoms with Gasteiger partial charge in [-0.3, -0.25) is 9.59 Å². The molecule has 0 saturated heterocycles. The second-order valence-corrected chi connectivity index (χ2v) is 4.48. The van der Waals surface area contributed by atoms with Gasteiger partial charge in [0.25, 0.3) is 5.91 Å². The van der Waals surface area contributed by atoms with Gasteiger partial charge in [0.2, 0.25) is 0 Å². The van der Waals surface area contributed by atoms with Crippen LogP contribution in [0.15, 0.2) is 18.2 Å². The molecule has 116 valence electrons. The Morgan fingerprint density at radius 3 is 2.48 bits per heavy atom. The summed E-state index contributed by atoms with van der Waals surface area (Å²) >= 11 is 0. The Morgan fingerprint density at radius 1 is 1.33 bits per heavy atom. The Bertz CT molecular complexity index is 543. The Hall–Kier alpha value is -2.12. The first-order valence-corrected chi connectivity index (χ1v) is 6.00. The quantitative estimate of drug-likeness (QED) is 0.822. The molecule has 0 bridgehead atoms. The van der Waals surface area contributed by atoms with Crippen molar-refractivity contribution >= 4 is 11.9 Å². The fourth-order valence-corrected chi connectivity index (χ4v) is 1.50. The summed E-state index contributed by atoms with van der Waals surface area (Å²) in [6, 6.07) is 1.53. The van der Waals surface area contributed by atoms with Gasteiger partial charge in [-0.1, -0.05) is 6.92 Å². The summed E-state index contributed by atoms with van der Waals surface area (Å²) in [5.41, 5.74) is -1.86. The molecule has 1 amide bonds. The summed E-state index contributed by atoms with van der Waals surface area (Å²) in [7, 11) is 0. The molecule has 0 saturated carbocycles. The van der Waals surface area contributed by atoms with Crippen LogP contribution < -0.4 is 5.32 Å². The number of rotatable bonds is 5. The number of aliphatic carboxylic acids is 1. The number of nitrogens with one attached hydrogen (secondary N) is 1. The molecular weight excluding hydrogens is 294 g/mol. The fraction of sp³-hybridized carbons (Fsp3) is 0.385. The summed E-state index contributed by atoms with van der Waals surface area (Å²) < 4.78 is 50.9. The molecule has 1 atom stereocenters. The molecule has 0 heterocycles. The lowest BCUT2D eigenvalue weighted by molar-refractivity contribution is -0.141. The minimum Gasteiger partial charge on any atom is -0.481 e. The number of carbonyl (C=O) groups excluding carboxylic acids is 1. The third kappa shape index (κ3) is 4.73. The highest BCUT2D eigenvalue weighted by molar-refractivity contribution is 5.94. The van der Waals surface area contributed by atoms with Gasteiger partial charge in [0, 0.05) is 6.54 Å². The minimum atomic E-state index is -4.68. The molecule has 0 aliphatic heterocycles. The SMILES string of the molecule is CC(CCNC(=O)c1cc(C(F)(F)F)ccc1F)C(=O)O. The normalized spacial score (nSPS) is 12.8. The largest absolute Gasteiger partial charge is 0.481 e. The lowest BCUT2D eigenvalue weighted by Crippen LogP contribution is -2.28. The highest BCUT2D eigenvalue weighted by Gasteiger charge is 2.31. The first kappa shape index (κ1) is 16.9. The molecule has 1 aromatic rings. The number of carboxylic acids is 1. The van der Waals surface area contributed by atoms with Crippen LogP contribution >= 0.6 is 0 Å². The van der Waals surface area contributed by atoms with Gasteiger partial charge in [0.05, 0.1) is 17.0 Å². The molecular formula is C13H13F4NO3. The second-order valence-electron chi connectivity index (χ2n) is 4.48. The third-order valence-corrected chi connectivity index (χ3v) is 2.82. The Labute approximate surface area is 117 Å². The summed E-state index contributed by atoms with van der Waals surface area (Å²) in [4.78, 5) is 22.2. The van der Waals surface area contributed by atoms with Crippen LogP contribution in [0.5, 0.6) is 0 Å². The van der Waals surface area contributed by atoms with Crippen LogP contribution in [0.25, 0.3) is 0 Å². The average Bonchev–Trinajstić information content (AvgIpc) is 2.37. The van der Waals surface area contributed by atoms with E-state index in [1.165, 1.54) is 6.92 Å². The number of hydrogen-bond acceptors (Lipinski definition) is 2. The summed E-state index contributed by atoms with van der Waals surface area (Å²) in [5.74, 6) is -3.88. The van der Waals surface area contributed by atoms with Crippen molar-refractivity contribution in [1.82, 2.24) is 5.32 Å². The maximum Gasteiger partial charge on any atom is 0.416 e. The molecule has 0 radical (unpaired) electrons. The monoisotopic (exact) mass is 307 g/mol.